The number of hydrogen-bond donors (Lipinski definition) is 1. The molecule has 0 aliphatic carbocycles. The van der Waals surface area contributed by atoms with Crippen LogP contribution < -0.4 is 5.32 Å². The Hall–Kier alpha value is -1.24. The third kappa shape index (κ3) is 3.86. The van der Waals surface area contributed by atoms with Crippen molar-refractivity contribution in [2.45, 2.75) is 20.0 Å². The third-order valence-electron chi connectivity index (χ3n) is 2.65. The summed E-state index contributed by atoms with van der Waals surface area (Å²) < 4.78 is 0.719. The summed E-state index contributed by atoms with van der Waals surface area (Å²) in [4.78, 5) is 13.1. The average molecular weight is 341 g/mol. The lowest BCUT2D eigenvalue weighted by Crippen LogP contribution is -2.13. The van der Waals surface area contributed by atoms with Gasteiger partial charge in [0.1, 0.15) is 0 Å². The Bertz CT molecular complexity index is 598. The van der Waals surface area contributed by atoms with Gasteiger partial charge in [-0.05, 0) is 31.2 Å². The number of nitro groups is 1. The van der Waals surface area contributed by atoms with Crippen molar-refractivity contribution in [3.63, 3.8) is 0 Å². The van der Waals surface area contributed by atoms with Gasteiger partial charge >= 0.3 is 0 Å². The second-order valence-electron chi connectivity index (χ2n) is 4.15. The summed E-state index contributed by atoms with van der Waals surface area (Å²) in [5.74, 6) is 0. The zero-order valence-corrected chi connectivity index (χ0v) is 12.8. The SMILES string of the molecule is Cc1ccc(CNCc2ccc(Br)cc2[N+](=O)[O-])s1. The summed E-state index contributed by atoms with van der Waals surface area (Å²) >= 11 is 4.98. The number of nitrogens with one attached hydrogen (secondary N) is 1. The molecule has 1 aromatic carbocycles. The van der Waals surface area contributed by atoms with Crippen molar-refractivity contribution in [1.82, 2.24) is 5.32 Å². The van der Waals surface area contributed by atoms with E-state index in [9.17, 15) is 10.1 Å². The van der Waals surface area contributed by atoms with Crippen LogP contribution in [0.25, 0.3) is 0 Å². The molecule has 2 aromatic rings. The van der Waals surface area contributed by atoms with Gasteiger partial charge in [-0.1, -0.05) is 15.9 Å². The molecular formula is C13H13BrN2O2S. The zero-order valence-electron chi connectivity index (χ0n) is 10.4. The van der Waals surface area contributed by atoms with Crippen LogP contribution in [-0.2, 0) is 13.1 Å². The van der Waals surface area contributed by atoms with Crippen LogP contribution in [0.2, 0.25) is 0 Å². The van der Waals surface area contributed by atoms with E-state index in [0.717, 1.165) is 11.0 Å². The summed E-state index contributed by atoms with van der Waals surface area (Å²) in [5.41, 5.74) is 0.839. The molecule has 0 bridgehead atoms. The van der Waals surface area contributed by atoms with Crippen LogP contribution in [0, 0.1) is 17.0 Å². The van der Waals surface area contributed by atoms with Crippen LogP contribution in [0.1, 0.15) is 15.3 Å². The summed E-state index contributed by atoms with van der Waals surface area (Å²) in [6, 6.07) is 9.27. The summed E-state index contributed by atoms with van der Waals surface area (Å²) in [7, 11) is 0. The first-order valence-electron chi connectivity index (χ1n) is 5.75. The van der Waals surface area contributed by atoms with Crippen LogP contribution in [0.3, 0.4) is 0 Å². The molecule has 0 saturated carbocycles. The fourth-order valence-corrected chi connectivity index (χ4v) is 2.97. The predicted octanol–water partition coefficient (Wildman–Crippen LogP) is 4.02. The minimum Gasteiger partial charge on any atom is -0.308 e. The van der Waals surface area contributed by atoms with E-state index in [1.807, 2.05) is 6.07 Å². The monoisotopic (exact) mass is 340 g/mol. The number of nitrogens with zero attached hydrogens (tertiary/aromatic N) is 1. The maximum atomic E-state index is 11.0. The van der Waals surface area contributed by atoms with Gasteiger partial charge in [0.05, 0.1) is 4.92 Å². The topological polar surface area (TPSA) is 55.2 Å². The quantitative estimate of drug-likeness (QED) is 0.660. The van der Waals surface area contributed by atoms with E-state index in [4.69, 9.17) is 0 Å². The van der Waals surface area contributed by atoms with Crippen molar-refractivity contribution >= 4 is 33.0 Å². The highest BCUT2D eigenvalue weighted by Gasteiger charge is 2.13. The molecule has 1 aromatic heterocycles. The molecule has 0 atom stereocenters. The lowest BCUT2D eigenvalue weighted by atomic mass is 10.2. The highest BCUT2D eigenvalue weighted by Crippen LogP contribution is 2.23. The first kappa shape index (κ1) is 14.2. The Morgan fingerprint density at radius 3 is 2.74 bits per heavy atom. The molecule has 4 nitrogen and oxygen atoms in total. The number of halogens is 1. The van der Waals surface area contributed by atoms with Gasteiger partial charge in [-0.15, -0.1) is 11.3 Å². The second-order valence-corrected chi connectivity index (χ2v) is 6.43. The van der Waals surface area contributed by atoms with Crippen LogP contribution in [-0.4, -0.2) is 4.92 Å². The van der Waals surface area contributed by atoms with Crippen molar-refractivity contribution in [2.75, 3.05) is 0 Å². The molecular weight excluding hydrogens is 328 g/mol. The van der Waals surface area contributed by atoms with Crippen LogP contribution in [0.15, 0.2) is 34.8 Å². The Morgan fingerprint density at radius 2 is 2.11 bits per heavy atom. The van der Waals surface area contributed by atoms with Crippen LogP contribution in [0.5, 0.6) is 0 Å². The van der Waals surface area contributed by atoms with E-state index in [-0.39, 0.29) is 10.6 Å². The van der Waals surface area contributed by atoms with Gasteiger partial charge in [0.15, 0.2) is 0 Å². The maximum absolute atomic E-state index is 11.0. The van der Waals surface area contributed by atoms with Gasteiger partial charge < -0.3 is 5.32 Å². The first-order chi connectivity index (χ1) is 9.06. The first-order valence-corrected chi connectivity index (χ1v) is 7.36. The zero-order chi connectivity index (χ0) is 13.8. The molecule has 0 aliphatic rings. The van der Waals surface area contributed by atoms with Gasteiger partial charge in [-0.25, -0.2) is 0 Å². The fraction of sp³-hybridized carbons (Fsp3) is 0.231. The van der Waals surface area contributed by atoms with E-state index < -0.39 is 0 Å². The summed E-state index contributed by atoms with van der Waals surface area (Å²) in [6.07, 6.45) is 0. The predicted molar refractivity (Wildman–Crippen MR) is 80.4 cm³/mol. The number of benzene rings is 1. The molecule has 0 spiro atoms. The number of rotatable bonds is 5. The number of thiophene rings is 1. The van der Waals surface area contributed by atoms with Gasteiger partial charge in [0.25, 0.3) is 5.69 Å². The Balaban J connectivity index is 2.01. The van der Waals surface area contributed by atoms with E-state index in [0.29, 0.717) is 12.1 Å². The van der Waals surface area contributed by atoms with Crippen molar-refractivity contribution in [3.8, 4) is 0 Å². The largest absolute Gasteiger partial charge is 0.308 e. The Labute approximate surface area is 123 Å². The molecule has 2 rings (SSSR count). The molecule has 0 fully saturated rings. The van der Waals surface area contributed by atoms with Gasteiger partial charge in [-0.2, -0.15) is 0 Å². The summed E-state index contributed by atoms with van der Waals surface area (Å²) in [5, 5.41) is 14.2. The van der Waals surface area contributed by atoms with Gasteiger partial charge in [-0.3, -0.25) is 10.1 Å². The standard InChI is InChI=1S/C13H13BrN2O2S/c1-9-2-5-12(19-9)8-15-7-10-3-4-11(14)6-13(10)16(17)18/h2-6,15H,7-8H2,1H3. The molecule has 19 heavy (non-hydrogen) atoms. The molecule has 0 aliphatic heterocycles. The number of hydrogen-bond acceptors (Lipinski definition) is 4. The normalized spacial score (nSPS) is 10.6. The highest BCUT2D eigenvalue weighted by molar-refractivity contribution is 9.10. The minimum atomic E-state index is -0.350. The van der Waals surface area contributed by atoms with Gasteiger partial charge in [0.2, 0.25) is 0 Å². The van der Waals surface area contributed by atoms with Gasteiger partial charge in [0, 0.05) is 38.9 Å². The lowest BCUT2D eigenvalue weighted by Gasteiger charge is -2.05. The van der Waals surface area contributed by atoms with Crippen LogP contribution >= 0.6 is 27.3 Å². The third-order valence-corrected chi connectivity index (χ3v) is 4.15. The molecule has 1 heterocycles. The Kier molecular flexibility index (Phi) is 4.68. The molecule has 1 N–H and O–H groups in total. The molecule has 0 radical (unpaired) electrons. The van der Waals surface area contributed by atoms with Crippen molar-refractivity contribution in [3.05, 3.63) is 60.2 Å². The maximum Gasteiger partial charge on any atom is 0.275 e. The lowest BCUT2D eigenvalue weighted by molar-refractivity contribution is -0.385. The fourth-order valence-electron chi connectivity index (χ4n) is 1.76. The summed E-state index contributed by atoms with van der Waals surface area (Å²) in [6.45, 7) is 3.28. The highest BCUT2D eigenvalue weighted by atomic mass is 79.9. The van der Waals surface area contributed by atoms with Crippen molar-refractivity contribution in [2.24, 2.45) is 0 Å². The molecule has 0 unspecified atom stereocenters. The Morgan fingerprint density at radius 1 is 1.32 bits per heavy atom. The van der Waals surface area contributed by atoms with Crippen molar-refractivity contribution < 1.29 is 4.92 Å². The van der Waals surface area contributed by atoms with Crippen LogP contribution in [0.4, 0.5) is 5.69 Å². The molecule has 100 valence electrons. The smallest absolute Gasteiger partial charge is 0.275 e. The average Bonchev–Trinajstić information content (AvgIpc) is 2.77. The van der Waals surface area contributed by atoms with E-state index in [2.05, 4.69) is 40.3 Å². The minimum absolute atomic E-state index is 0.143. The second kappa shape index (κ2) is 6.27. The van der Waals surface area contributed by atoms with E-state index >= 15 is 0 Å². The van der Waals surface area contributed by atoms with E-state index in [1.54, 1.807) is 17.4 Å². The molecule has 0 saturated heterocycles. The number of nitro benzene ring substituents is 1. The molecule has 0 amide bonds. The van der Waals surface area contributed by atoms with Crippen molar-refractivity contribution in [1.29, 1.82) is 0 Å². The number of aryl methyl sites for hydroxylation is 1. The molecule has 6 heteroatoms. The van der Waals surface area contributed by atoms with E-state index in [1.165, 1.54) is 15.8 Å².